The molecule has 2 aromatic heterocycles. The number of nitrogens with zero attached hydrogens (tertiary/aromatic N) is 2. The van der Waals surface area contributed by atoms with Crippen molar-refractivity contribution < 1.29 is 9.15 Å². The van der Waals surface area contributed by atoms with Crippen molar-refractivity contribution in [2.75, 3.05) is 31.2 Å². The van der Waals surface area contributed by atoms with Gasteiger partial charge in [0.25, 0.3) is 0 Å². The van der Waals surface area contributed by atoms with E-state index in [0.29, 0.717) is 0 Å². The summed E-state index contributed by atoms with van der Waals surface area (Å²) in [7, 11) is 0. The summed E-state index contributed by atoms with van der Waals surface area (Å²) in [6.45, 7) is 5.38. The van der Waals surface area contributed by atoms with Crippen molar-refractivity contribution in [2.24, 2.45) is 0 Å². The van der Waals surface area contributed by atoms with E-state index in [0.717, 1.165) is 54.7 Å². The summed E-state index contributed by atoms with van der Waals surface area (Å²) in [6.07, 6.45) is 0. The number of furan rings is 1. The van der Waals surface area contributed by atoms with E-state index in [1.54, 1.807) is 0 Å². The maximum Gasteiger partial charge on any atom is 0.174 e. The minimum Gasteiger partial charge on any atom is -0.458 e. The first-order valence-electron chi connectivity index (χ1n) is 7.19. The van der Waals surface area contributed by atoms with Crippen LogP contribution in [0.3, 0.4) is 0 Å². The molecule has 3 aromatic rings. The van der Waals surface area contributed by atoms with Gasteiger partial charge in [-0.15, -0.1) is 0 Å². The number of imidazole rings is 1. The van der Waals surface area contributed by atoms with Crippen LogP contribution < -0.4 is 4.90 Å². The number of hydrogen-bond acceptors (Lipinski definition) is 4. The Balaban J connectivity index is 1.71. The summed E-state index contributed by atoms with van der Waals surface area (Å²) in [5.74, 6) is 2.44. The fraction of sp³-hybridized carbons (Fsp3) is 0.312. The van der Waals surface area contributed by atoms with Gasteiger partial charge in [0.05, 0.1) is 24.2 Å². The molecule has 1 aliphatic rings. The van der Waals surface area contributed by atoms with Crippen molar-refractivity contribution >= 4 is 16.7 Å². The van der Waals surface area contributed by atoms with Crippen LogP contribution in [0.2, 0.25) is 0 Å². The third-order valence-corrected chi connectivity index (χ3v) is 3.82. The molecule has 4 rings (SSSR count). The van der Waals surface area contributed by atoms with Crippen molar-refractivity contribution in [1.82, 2.24) is 9.97 Å². The molecule has 0 amide bonds. The monoisotopic (exact) mass is 283 g/mol. The Morgan fingerprint density at radius 3 is 2.76 bits per heavy atom. The summed E-state index contributed by atoms with van der Waals surface area (Å²) in [6, 6.07) is 10.2. The maximum absolute atomic E-state index is 5.62. The molecule has 0 unspecified atom stereocenters. The number of aryl methyl sites for hydroxylation is 1. The van der Waals surface area contributed by atoms with Gasteiger partial charge in [0, 0.05) is 18.8 Å². The molecule has 1 aromatic carbocycles. The Morgan fingerprint density at radius 1 is 1.14 bits per heavy atom. The number of aromatic amines is 1. The molecule has 0 spiro atoms. The van der Waals surface area contributed by atoms with Crippen LogP contribution in [0.4, 0.5) is 5.69 Å². The van der Waals surface area contributed by atoms with E-state index in [1.807, 2.05) is 19.1 Å². The molecule has 0 bridgehead atoms. The third-order valence-electron chi connectivity index (χ3n) is 3.82. The zero-order valence-electron chi connectivity index (χ0n) is 11.9. The Labute approximate surface area is 122 Å². The molecule has 108 valence electrons. The lowest BCUT2D eigenvalue weighted by Gasteiger charge is -2.28. The lowest BCUT2D eigenvalue weighted by Crippen LogP contribution is -2.36. The number of H-pyrrole nitrogens is 1. The van der Waals surface area contributed by atoms with Crippen LogP contribution in [0.15, 0.2) is 34.7 Å². The second kappa shape index (κ2) is 4.93. The van der Waals surface area contributed by atoms with Crippen molar-refractivity contribution in [1.29, 1.82) is 0 Å². The van der Waals surface area contributed by atoms with Crippen LogP contribution in [0.1, 0.15) is 5.76 Å². The van der Waals surface area contributed by atoms with E-state index in [4.69, 9.17) is 9.15 Å². The van der Waals surface area contributed by atoms with Crippen molar-refractivity contribution in [3.63, 3.8) is 0 Å². The van der Waals surface area contributed by atoms with Crippen LogP contribution in [-0.4, -0.2) is 36.3 Å². The third kappa shape index (κ3) is 2.29. The number of aromatic nitrogens is 2. The van der Waals surface area contributed by atoms with Crippen molar-refractivity contribution in [3.05, 3.63) is 36.1 Å². The highest BCUT2D eigenvalue weighted by Gasteiger charge is 2.13. The summed E-state index contributed by atoms with van der Waals surface area (Å²) in [5.41, 5.74) is 3.19. The minimum absolute atomic E-state index is 0.775. The molecule has 5 heteroatoms. The Hall–Kier alpha value is -2.27. The molecular formula is C16H17N3O2. The predicted octanol–water partition coefficient (Wildman–Crippen LogP) is 2.97. The summed E-state index contributed by atoms with van der Waals surface area (Å²) in [4.78, 5) is 10.3. The molecule has 1 saturated heterocycles. The van der Waals surface area contributed by atoms with E-state index >= 15 is 0 Å². The van der Waals surface area contributed by atoms with Gasteiger partial charge in [-0.25, -0.2) is 4.98 Å². The highest BCUT2D eigenvalue weighted by molar-refractivity contribution is 5.82. The fourth-order valence-electron chi connectivity index (χ4n) is 2.69. The number of nitrogens with one attached hydrogen (secondary N) is 1. The van der Waals surface area contributed by atoms with E-state index in [9.17, 15) is 0 Å². The summed E-state index contributed by atoms with van der Waals surface area (Å²) in [5, 5.41) is 0. The van der Waals surface area contributed by atoms with Gasteiger partial charge in [0.2, 0.25) is 0 Å². The SMILES string of the molecule is Cc1ccc(-c2nc3ccc(N4CCOCC4)cc3[nH]2)o1. The van der Waals surface area contributed by atoms with Crippen LogP contribution in [-0.2, 0) is 4.74 Å². The zero-order valence-corrected chi connectivity index (χ0v) is 11.9. The molecule has 5 nitrogen and oxygen atoms in total. The van der Waals surface area contributed by atoms with E-state index in [-0.39, 0.29) is 0 Å². The first-order chi connectivity index (χ1) is 10.3. The lowest BCUT2D eigenvalue weighted by molar-refractivity contribution is 0.122. The number of rotatable bonds is 2. The van der Waals surface area contributed by atoms with Gasteiger partial charge in [-0.05, 0) is 37.3 Å². The number of hydrogen-bond donors (Lipinski definition) is 1. The highest BCUT2D eigenvalue weighted by atomic mass is 16.5. The second-order valence-corrected chi connectivity index (χ2v) is 5.30. The predicted molar refractivity (Wildman–Crippen MR) is 81.6 cm³/mol. The normalized spacial score (nSPS) is 15.8. The minimum atomic E-state index is 0.775. The maximum atomic E-state index is 5.62. The van der Waals surface area contributed by atoms with E-state index < -0.39 is 0 Å². The topological polar surface area (TPSA) is 54.3 Å². The highest BCUT2D eigenvalue weighted by Crippen LogP contribution is 2.26. The number of ether oxygens (including phenoxy) is 1. The number of morpholine rings is 1. The first kappa shape index (κ1) is 12.5. The molecule has 0 aliphatic carbocycles. The molecule has 1 aliphatic heterocycles. The van der Waals surface area contributed by atoms with Gasteiger partial charge in [0.1, 0.15) is 5.76 Å². The van der Waals surface area contributed by atoms with Crippen molar-refractivity contribution in [3.8, 4) is 11.6 Å². The Bertz CT molecular complexity index is 769. The van der Waals surface area contributed by atoms with Crippen LogP contribution in [0, 0.1) is 6.92 Å². The largest absolute Gasteiger partial charge is 0.458 e. The van der Waals surface area contributed by atoms with Gasteiger partial charge in [0.15, 0.2) is 11.6 Å². The van der Waals surface area contributed by atoms with E-state index in [2.05, 4.69) is 33.1 Å². The average molecular weight is 283 g/mol. The molecule has 1 fully saturated rings. The number of benzene rings is 1. The average Bonchev–Trinajstić information content (AvgIpc) is 3.13. The molecular weight excluding hydrogens is 266 g/mol. The van der Waals surface area contributed by atoms with Crippen molar-refractivity contribution in [2.45, 2.75) is 6.92 Å². The fourth-order valence-corrected chi connectivity index (χ4v) is 2.69. The van der Waals surface area contributed by atoms with Crippen LogP contribution >= 0.6 is 0 Å². The molecule has 1 N–H and O–H groups in total. The molecule has 3 heterocycles. The number of fused-ring (bicyclic) bond motifs is 1. The van der Waals surface area contributed by atoms with Gasteiger partial charge in [-0.1, -0.05) is 0 Å². The molecule has 0 saturated carbocycles. The van der Waals surface area contributed by atoms with E-state index in [1.165, 1.54) is 5.69 Å². The molecule has 21 heavy (non-hydrogen) atoms. The zero-order chi connectivity index (χ0) is 14.2. The first-order valence-corrected chi connectivity index (χ1v) is 7.19. The Morgan fingerprint density at radius 2 is 2.00 bits per heavy atom. The Kier molecular flexibility index (Phi) is 2.93. The van der Waals surface area contributed by atoms with Gasteiger partial charge < -0.3 is 19.0 Å². The quantitative estimate of drug-likeness (QED) is 0.785. The van der Waals surface area contributed by atoms with Gasteiger partial charge in [-0.2, -0.15) is 0 Å². The van der Waals surface area contributed by atoms with Crippen LogP contribution in [0.5, 0.6) is 0 Å². The van der Waals surface area contributed by atoms with Gasteiger partial charge in [-0.3, -0.25) is 0 Å². The number of anilines is 1. The molecule has 0 atom stereocenters. The second-order valence-electron chi connectivity index (χ2n) is 5.30. The van der Waals surface area contributed by atoms with Crippen LogP contribution in [0.25, 0.3) is 22.6 Å². The summed E-state index contributed by atoms with van der Waals surface area (Å²) >= 11 is 0. The summed E-state index contributed by atoms with van der Waals surface area (Å²) < 4.78 is 11.0. The smallest absolute Gasteiger partial charge is 0.174 e. The lowest BCUT2D eigenvalue weighted by atomic mass is 10.2. The molecule has 0 radical (unpaired) electrons. The standard InChI is InChI=1S/C16H17N3O2/c1-11-2-5-15(21-11)16-17-13-4-3-12(10-14(13)18-16)19-6-8-20-9-7-19/h2-5,10H,6-9H2,1H3,(H,17,18). The van der Waals surface area contributed by atoms with Gasteiger partial charge >= 0.3 is 0 Å².